The van der Waals surface area contributed by atoms with E-state index >= 15 is 0 Å². The molecule has 1 aromatic rings. The Kier molecular flexibility index (Phi) is 6.74. The van der Waals surface area contributed by atoms with Gasteiger partial charge in [0.1, 0.15) is 0 Å². The first-order valence-corrected chi connectivity index (χ1v) is 7.11. The molecule has 0 bridgehead atoms. The molecule has 0 aliphatic rings. The van der Waals surface area contributed by atoms with Gasteiger partial charge in [-0.1, -0.05) is 49.8 Å². The van der Waals surface area contributed by atoms with E-state index in [-0.39, 0.29) is 0 Å². The highest BCUT2D eigenvalue weighted by atomic mass is 14.9. The normalized spacial score (nSPS) is 14.2. The van der Waals surface area contributed by atoms with Crippen LogP contribution in [0.3, 0.4) is 0 Å². The van der Waals surface area contributed by atoms with Crippen molar-refractivity contribution >= 4 is 0 Å². The van der Waals surface area contributed by atoms with E-state index in [1.165, 1.54) is 24.0 Å². The molecule has 1 N–H and O–H groups in total. The van der Waals surface area contributed by atoms with Crippen molar-refractivity contribution < 1.29 is 0 Å². The topological polar surface area (TPSA) is 12.0 Å². The van der Waals surface area contributed by atoms with Crippen molar-refractivity contribution in [2.24, 2.45) is 0 Å². The van der Waals surface area contributed by atoms with E-state index in [9.17, 15) is 0 Å². The Morgan fingerprint density at radius 1 is 1.22 bits per heavy atom. The summed E-state index contributed by atoms with van der Waals surface area (Å²) in [5, 5.41) is 3.69. The van der Waals surface area contributed by atoms with E-state index in [4.69, 9.17) is 0 Å². The van der Waals surface area contributed by atoms with Gasteiger partial charge < -0.3 is 5.32 Å². The SMILES string of the molecule is C=C(C)CC(NCCC)C(CC)c1ccccc1. The van der Waals surface area contributed by atoms with E-state index in [0.29, 0.717) is 12.0 Å². The zero-order valence-corrected chi connectivity index (χ0v) is 12.1. The highest BCUT2D eigenvalue weighted by Gasteiger charge is 2.20. The Labute approximate surface area is 112 Å². The van der Waals surface area contributed by atoms with Crippen molar-refractivity contribution in [1.82, 2.24) is 5.32 Å². The molecule has 0 aromatic heterocycles. The summed E-state index contributed by atoms with van der Waals surface area (Å²) in [4.78, 5) is 0. The number of hydrogen-bond donors (Lipinski definition) is 1. The lowest BCUT2D eigenvalue weighted by molar-refractivity contribution is 0.418. The van der Waals surface area contributed by atoms with Crippen molar-refractivity contribution in [2.75, 3.05) is 6.54 Å². The third kappa shape index (κ3) is 4.66. The Morgan fingerprint density at radius 2 is 1.89 bits per heavy atom. The highest BCUT2D eigenvalue weighted by Crippen LogP contribution is 2.26. The molecule has 0 radical (unpaired) electrons. The van der Waals surface area contributed by atoms with Gasteiger partial charge in [-0.15, -0.1) is 6.58 Å². The van der Waals surface area contributed by atoms with Gasteiger partial charge in [0.05, 0.1) is 0 Å². The zero-order chi connectivity index (χ0) is 13.4. The van der Waals surface area contributed by atoms with E-state index < -0.39 is 0 Å². The molecule has 0 spiro atoms. The van der Waals surface area contributed by atoms with Crippen LogP contribution in [0.4, 0.5) is 0 Å². The fourth-order valence-corrected chi connectivity index (χ4v) is 2.51. The van der Waals surface area contributed by atoms with Gasteiger partial charge in [-0.25, -0.2) is 0 Å². The van der Waals surface area contributed by atoms with Gasteiger partial charge in [-0.05, 0) is 44.2 Å². The van der Waals surface area contributed by atoms with Crippen LogP contribution in [0.1, 0.15) is 51.5 Å². The summed E-state index contributed by atoms with van der Waals surface area (Å²) >= 11 is 0. The van der Waals surface area contributed by atoms with Crippen LogP contribution in [0.5, 0.6) is 0 Å². The van der Waals surface area contributed by atoms with E-state index in [1.807, 2.05) is 0 Å². The molecular weight excluding hydrogens is 218 g/mol. The van der Waals surface area contributed by atoms with E-state index in [1.54, 1.807) is 0 Å². The summed E-state index contributed by atoms with van der Waals surface area (Å²) in [5.74, 6) is 0.578. The molecule has 0 saturated carbocycles. The maximum absolute atomic E-state index is 4.07. The molecule has 0 heterocycles. The van der Waals surface area contributed by atoms with E-state index in [0.717, 1.165) is 13.0 Å². The minimum absolute atomic E-state index is 0.509. The average Bonchev–Trinajstić information content (AvgIpc) is 2.37. The fourth-order valence-electron chi connectivity index (χ4n) is 2.51. The molecule has 1 heteroatoms. The van der Waals surface area contributed by atoms with Gasteiger partial charge in [-0.2, -0.15) is 0 Å². The molecule has 0 saturated heterocycles. The Hall–Kier alpha value is -1.08. The summed E-state index contributed by atoms with van der Waals surface area (Å²) < 4.78 is 0. The lowest BCUT2D eigenvalue weighted by atomic mass is 9.86. The van der Waals surface area contributed by atoms with Crippen molar-refractivity contribution in [3.05, 3.63) is 48.0 Å². The van der Waals surface area contributed by atoms with Crippen molar-refractivity contribution in [3.63, 3.8) is 0 Å². The summed E-state index contributed by atoms with van der Waals surface area (Å²) in [6.45, 7) is 11.8. The zero-order valence-electron chi connectivity index (χ0n) is 12.1. The van der Waals surface area contributed by atoms with E-state index in [2.05, 4.69) is 63.0 Å². The number of hydrogen-bond acceptors (Lipinski definition) is 1. The van der Waals surface area contributed by atoms with Crippen LogP contribution in [0.2, 0.25) is 0 Å². The van der Waals surface area contributed by atoms with Gasteiger partial charge in [-0.3, -0.25) is 0 Å². The molecule has 0 aliphatic heterocycles. The van der Waals surface area contributed by atoms with Crippen LogP contribution >= 0.6 is 0 Å². The van der Waals surface area contributed by atoms with Gasteiger partial charge >= 0.3 is 0 Å². The Bertz CT molecular complexity index is 342. The molecule has 1 rings (SSSR count). The van der Waals surface area contributed by atoms with Gasteiger partial charge in [0.25, 0.3) is 0 Å². The molecule has 0 amide bonds. The molecule has 2 atom stereocenters. The molecule has 0 fully saturated rings. The monoisotopic (exact) mass is 245 g/mol. The number of benzene rings is 1. The van der Waals surface area contributed by atoms with Gasteiger partial charge in [0.2, 0.25) is 0 Å². The Morgan fingerprint density at radius 3 is 2.39 bits per heavy atom. The highest BCUT2D eigenvalue weighted by molar-refractivity contribution is 5.22. The van der Waals surface area contributed by atoms with Gasteiger partial charge in [0.15, 0.2) is 0 Å². The van der Waals surface area contributed by atoms with Crippen molar-refractivity contribution in [2.45, 2.75) is 52.0 Å². The first-order chi connectivity index (χ1) is 8.69. The smallest absolute Gasteiger partial charge is 0.0173 e. The fraction of sp³-hybridized carbons (Fsp3) is 0.529. The second-order valence-corrected chi connectivity index (χ2v) is 5.15. The summed E-state index contributed by atoms with van der Waals surface area (Å²) in [7, 11) is 0. The third-order valence-corrected chi connectivity index (χ3v) is 3.38. The minimum atomic E-state index is 0.509. The second kappa shape index (κ2) is 8.10. The Balaban J connectivity index is 2.82. The second-order valence-electron chi connectivity index (χ2n) is 5.15. The van der Waals surface area contributed by atoms with Crippen LogP contribution in [0.25, 0.3) is 0 Å². The third-order valence-electron chi connectivity index (χ3n) is 3.38. The summed E-state index contributed by atoms with van der Waals surface area (Å²) in [6.07, 6.45) is 3.41. The first kappa shape index (κ1) is 15.0. The van der Waals surface area contributed by atoms with Crippen LogP contribution in [-0.2, 0) is 0 Å². The lowest BCUT2D eigenvalue weighted by Gasteiger charge is -2.28. The molecule has 2 unspecified atom stereocenters. The van der Waals surface area contributed by atoms with Crippen LogP contribution in [0, 0.1) is 0 Å². The van der Waals surface area contributed by atoms with Crippen molar-refractivity contribution in [3.8, 4) is 0 Å². The van der Waals surface area contributed by atoms with Crippen LogP contribution in [0.15, 0.2) is 42.5 Å². The maximum atomic E-state index is 4.07. The molecule has 0 aliphatic carbocycles. The molecular formula is C17H27N. The predicted molar refractivity (Wildman–Crippen MR) is 81.0 cm³/mol. The first-order valence-electron chi connectivity index (χ1n) is 7.11. The quantitative estimate of drug-likeness (QED) is 0.664. The maximum Gasteiger partial charge on any atom is 0.0173 e. The van der Waals surface area contributed by atoms with Gasteiger partial charge in [0, 0.05) is 6.04 Å². The number of nitrogens with one attached hydrogen (secondary N) is 1. The molecule has 1 nitrogen and oxygen atoms in total. The molecule has 100 valence electrons. The number of rotatable bonds is 8. The molecule has 18 heavy (non-hydrogen) atoms. The van der Waals surface area contributed by atoms with Crippen molar-refractivity contribution in [1.29, 1.82) is 0 Å². The largest absolute Gasteiger partial charge is 0.313 e. The predicted octanol–water partition coefficient (Wildman–Crippen LogP) is 4.51. The molecule has 1 aromatic carbocycles. The summed E-state index contributed by atoms with van der Waals surface area (Å²) in [5.41, 5.74) is 2.70. The minimum Gasteiger partial charge on any atom is -0.313 e. The average molecular weight is 245 g/mol. The van der Waals surface area contributed by atoms with Crippen LogP contribution < -0.4 is 5.32 Å². The standard InChI is InChI=1S/C17H27N/c1-5-12-18-17(13-14(3)4)16(6-2)15-10-8-7-9-11-15/h7-11,16-18H,3,5-6,12-13H2,1-2,4H3. The summed E-state index contributed by atoms with van der Waals surface area (Å²) in [6, 6.07) is 11.4. The van der Waals surface area contributed by atoms with Crippen LogP contribution in [-0.4, -0.2) is 12.6 Å². The lowest BCUT2D eigenvalue weighted by Crippen LogP contribution is -2.35.